The lowest BCUT2D eigenvalue weighted by Gasteiger charge is -2.31. The van der Waals surface area contributed by atoms with Crippen LogP contribution >= 0.6 is 15.9 Å². The fourth-order valence-corrected chi connectivity index (χ4v) is 3.07. The highest BCUT2D eigenvalue weighted by Gasteiger charge is 2.35. The summed E-state index contributed by atoms with van der Waals surface area (Å²) in [6.07, 6.45) is 2.84. The third kappa shape index (κ3) is 1.41. The van der Waals surface area contributed by atoms with Gasteiger partial charge >= 0.3 is 0 Å². The van der Waals surface area contributed by atoms with Crippen molar-refractivity contribution < 1.29 is 4.79 Å². The molecule has 1 unspecified atom stereocenters. The number of carbonyl (C=O) groups is 1. The number of nitrogens with zero attached hydrogens (tertiary/aromatic N) is 1. The van der Waals surface area contributed by atoms with E-state index in [1.165, 1.54) is 11.1 Å². The molecule has 2 aliphatic heterocycles. The molecule has 0 radical (unpaired) electrons. The molecule has 0 spiro atoms. The van der Waals surface area contributed by atoms with E-state index in [-0.39, 0.29) is 0 Å². The highest BCUT2D eigenvalue weighted by molar-refractivity contribution is 9.10. The average Bonchev–Trinajstić information content (AvgIpc) is 2.69. The van der Waals surface area contributed by atoms with Crippen molar-refractivity contribution in [3.8, 4) is 0 Å². The van der Waals surface area contributed by atoms with Crippen LogP contribution in [0.4, 0.5) is 0 Å². The molecule has 78 valence electrons. The van der Waals surface area contributed by atoms with Crippen LogP contribution in [0.3, 0.4) is 0 Å². The van der Waals surface area contributed by atoms with Gasteiger partial charge in [-0.25, -0.2) is 0 Å². The minimum absolute atomic E-state index is 0.298. The molecule has 0 aliphatic carbocycles. The van der Waals surface area contributed by atoms with Crippen molar-refractivity contribution in [3.63, 3.8) is 0 Å². The van der Waals surface area contributed by atoms with Crippen LogP contribution in [0.1, 0.15) is 30.0 Å². The van der Waals surface area contributed by atoms with Gasteiger partial charge in [-0.2, -0.15) is 0 Å². The molecule has 0 saturated carbocycles. The Morgan fingerprint density at radius 2 is 2.27 bits per heavy atom. The zero-order valence-corrected chi connectivity index (χ0v) is 9.96. The summed E-state index contributed by atoms with van der Waals surface area (Å²) in [5.41, 5.74) is 2.56. The van der Waals surface area contributed by atoms with E-state index in [4.69, 9.17) is 0 Å². The lowest BCUT2D eigenvalue weighted by Crippen LogP contribution is -2.36. The van der Waals surface area contributed by atoms with Crippen molar-refractivity contribution in [2.45, 2.75) is 25.3 Å². The van der Waals surface area contributed by atoms with Crippen molar-refractivity contribution in [2.75, 3.05) is 6.54 Å². The largest absolute Gasteiger partial charge is 0.335 e. The molecule has 1 fully saturated rings. The zero-order valence-electron chi connectivity index (χ0n) is 8.37. The maximum Gasteiger partial charge on any atom is 0.227 e. The molecule has 0 N–H and O–H groups in total. The molecule has 1 amide bonds. The Labute approximate surface area is 97.4 Å². The van der Waals surface area contributed by atoms with Crippen molar-refractivity contribution in [1.29, 1.82) is 0 Å². The van der Waals surface area contributed by atoms with Gasteiger partial charge in [0.15, 0.2) is 0 Å². The normalized spacial score (nSPS) is 23.9. The van der Waals surface area contributed by atoms with Crippen molar-refractivity contribution in [3.05, 3.63) is 33.8 Å². The molecule has 2 nitrogen and oxygen atoms in total. The topological polar surface area (TPSA) is 20.3 Å². The van der Waals surface area contributed by atoms with Crippen molar-refractivity contribution in [2.24, 2.45) is 0 Å². The zero-order chi connectivity index (χ0) is 10.4. The predicted octanol–water partition coefficient (Wildman–Crippen LogP) is 2.67. The highest BCUT2D eigenvalue weighted by Crippen LogP contribution is 2.38. The highest BCUT2D eigenvalue weighted by atomic mass is 79.9. The number of amides is 1. The number of halogens is 1. The Hall–Kier alpha value is -0.830. The summed E-state index contributed by atoms with van der Waals surface area (Å²) < 4.78 is 1.11. The van der Waals surface area contributed by atoms with Crippen molar-refractivity contribution >= 4 is 21.8 Å². The van der Waals surface area contributed by atoms with Crippen LogP contribution in [0.2, 0.25) is 0 Å². The summed E-state index contributed by atoms with van der Waals surface area (Å²) in [7, 11) is 0. The fourth-order valence-electron chi connectivity index (χ4n) is 2.69. The molecular formula is C12H12BrNO. The Morgan fingerprint density at radius 1 is 1.40 bits per heavy atom. The number of benzene rings is 1. The van der Waals surface area contributed by atoms with Gasteiger partial charge < -0.3 is 4.90 Å². The van der Waals surface area contributed by atoms with Gasteiger partial charge in [0.2, 0.25) is 5.91 Å². The molecule has 15 heavy (non-hydrogen) atoms. The first-order chi connectivity index (χ1) is 7.25. The van der Waals surface area contributed by atoms with E-state index in [2.05, 4.69) is 28.1 Å². The first kappa shape index (κ1) is 9.40. The molecular weight excluding hydrogens is 254 g/mol. The molecule has 1 aromatic carbocycles. The quantitative estimate of drug-likeness (QED) is 0.707. The monoisotopic (exact) mass is 265 g/mol. The van der Waals surface area contributed by atoms with Crippen LogP contribution in [0, 0.1) is 0 Å². The van der Waals surface area contributed by atoms with Crippen LogP contribution in [0.5, 0.6) is 0 Å². The van der Waals surface area contributed by atoms with Gasteiger partial charge in [-0.05, 0) is 36.1 Å². The van der Waals surface area contributed by atoms with Gasteiger partial charge in [-0.3, -0.25) is 4.79 Å². The fraction of sp³-hybridized carbons (Fsp3) is 0.417. The van der Waals surface area contributed by atoms with E-state index in [0.717, 1.165) is 23.9 Å². The molecule has 3 heteroatoms. The Bertz CT molecular complexity index is 430. The second-order valence-electron chi connectivity index (χ2n) is 4.27. The molecule has 0 aromatic heterocycles. The number of fused-ring (bicyclic) bond motifs is 3. The molecule has 0 bridgehead atoms. The Kier molecular flexibility index (Phi) is 2.09. The summed E-state index contributed by atoms with van der Waals surface area (Å²) >= 11 is 3.50. The Morgan fingerprint density at radius 3 is 3.13 bits per heavy atom. The van der Waals surface area contributed by atoms with Crippen LogP contribution in [0.15, 0.2) is 22.7 Å². The average molecular weight is 266 g/mol. The van der Waals surface area contributed by atoms with Gasteiger partial charge in [0.05, 0.1) is 12.5 Å². The minimum atomic E-state index is 0.298. The van der Waals surface area contributed by atoms with E-state index < -0.39 is 0 Å². The molecule has 1 aromatic rings. The third-order valence-electron chi connectivity index (χ3n) is 3.38. The first-order valence-corrected chi connectivity index (χ1v) is 6.13. The number of hydrogen-bond donors (Lipinski definition) is 0. The van der Waals surface area contributed by atoms with Crippen LogP contribution in [-0.4, -0.2) is 17.4 Å². The van der Waals surface area contributed by atoms with Crippen LogP contribution < -0.4 is 0 Å². The minimum Gasteiger partial charge on any atom is -0.335 e. The SMILES string of the molecule is O=C1Cc2ccc(Br)cc2C2CCCN12. The molecule has 2 aliphatic rings. The second kappa shape index (κ2) is 3.34. The summed E-state index contributed by atoms with van der Waals surface area (Å²) in [5.74, 6) is 0.298. The Balaban J connectivity index is 2.12. The van der Waals surface area contributed by atoms with Gasteiger partial charge in [0, 0.05) is 11.0 Å². The van der Waals surface area contributed by atoms with Gasteiger partial charge in [-0.1, -0.05) is 22.0 Å². The smallest absolute Gasteiger partial charge is 0.227 e. The molecule has 3 rings (SSSR count). The third-order valence-corrected chi connectivity index (χ3v) is 3.87. The van der Waals surface area contributed by atoms with Gasteiger partial charge in [0.25, 0.3) is 0 Å². The lowest BCUT2D eigenvalue weighted by molar-refractivity contribution is -0.132. The molecule has 2 heterocycles. The van der Waals surface area contributed by atoms with E-state index >= 15 is 0 Å². The summed E-state index contributed by atoms with van der Waals surface area (Å²) in [6.45, 7) is 0.940. The molecule has 1 atom stereocenters. The standard InChI is InChI=1S/C12H12BrNO/c13-9-4-3-8-6-12(15)14-5-1-2-11(14)10(8)7-9/h3-4,7,11H,1-2,5-6H2. The van der Waals surface area contributed by atoms with E-state index in [1.54, 1.807) is 0 Å². The summed E-state index contributed by atoms with van der Waals surface area (Å²) in [6, 6.07) is 6.62. The molecule has 1 saturated heterocycles. The number of hydrogen-bond acceptors (Lipinski definition) is 1. The van der Waals surface area contributed by atoms with Gasteiger partial charge in [-0.15, -0.1) is 0 Å². The van der Waals surface area contributed by atoms with Crippen molar-refractivity contribution in [1.82, 2.24) is 4.90 Å². The number of carbonyl (C=O) groups excluding carboxylic acids is 1. The summed E-state index contributed by atoms with van der Waals surface area (Å²) in [4.78, 5) is 13.9. The van der Waals surface area contributed by atoms with Crippen LogP contribution in [0.25, 0.3) is 0 Å². The van der Waals surface area contributed by atoms with E-state index in [0.29, 0.717) is 18.4 Å². The van der Waals surface area contributed by atoms with E-state index in [9.17, 15) is 4.79 Å². The predicted molar refractivity (Wildman–Crippen MR) is 61.5 cm³/mol. The maximum absolute atomic E-state index is 11.8. The van der Waals surface area contributed by atoms with Crippen LogP contribution in [-0.2, 0) is 11.2 Å². The van der Waals surface area contributed by atoms with Gasteiger partial charge in [0.1, 0.15) is 0 Å². The maximum atomic E-state index is 11.8. The van der Waals surface area contributed by atoms with E-state index in [1.807, 2.05) is 11.0 Å². The first-order valence-electron chi connectivity index (χ1n) is 5.33. The number of rotatable bonds is 0. The second-order valence-corrected chi connectivity index (χ2v) is 5.18. The summed E-state index contributed by atoms with van der Waals surface area (Å²) in [5, 5.41) is 0. The lowest BCUT2D eigenvalue weighted by atomic mass is 9.92.